The van der Waals surface area contributed by atoms with Crippen LogP contribution >= 0.6 is 11.8 Å². The highest BCUT2D eigenvalue weighted by Crippen LogP contribution is 2.07. The minimum absolute atomic E-state index is 0.586. The zero-order valence-corrected chi connectivity index (χ0v) is 12.6. The maximum Gasteiger partial charge on any atom is 0.0713 e. The van der Waals surface area contributed by atoms with Crippen LogP contribution in [0.4, 0.5) is 0 Å². The molecule has 0 bridgehead atoms. The average Bonchev–Trinajstić information content (AvgIpc) is 2.39. The first kappa shape index (κ1) is 15.5. The molecule has 1 rings (SSSR count). The number of hydrogen-bond donors (Lipinski definition) is 1. The number of benzene rings is 1. The molecule has 0 amide bonds. The Balaban J connectivity index is 2.25. The van der Waals surface area contributed by atoms with Gasteiger partial charge in [0.05, 0.1) is 6.61 Å². The smallest absolute Gasteiger partial charge is 0.0713 e. The van der Waals surface area contributed by atoms with E-state index in [4.69, 9.17) is 4.74 Å². The Morgan fingerprint density at radius 1 is 1.22 bits per heavy atom. The van der Waals surface area contributed by atoms with E-state index >= 15 is 0 Å². The molecule has 0 aliphatic heterocycles. The molecule has 1 unspecified atom stereocenters. The molecule has 0 radical (unpaired) electrons. The maximum atomic E-state index is 5.10. The quantitative estimate of drug-likeness (QED) is 0.692. The van der Waals surface area contributed by atoms with Crippen LogP contribution in [0.25, 0.3) is 0 Å². The van der Waals surface area contributed by atoms with Crippen LogP contribution in [-0.2, 0) is 17.9 Å². The highest BCUT2D eigenvalue weighted by Gasteiger charge is 2.01. The van der Waals surface area contributed by atoms with Crippen molar-refractivity contribution < 1.29 is 4.74 Å². The third-order valence-corrected chi connectivity index (χ3v) is 3.82. The zero-order chi connectivity index (χ0) is 13.2. The van der Waals surface area contributed by atoms with Gasteiger partial charge in [-0.25, -0.2) is 0 Å². The molecule has 0 aliphatic carbocycles. The second kappa shape index (κ2) is 9.42. The lowest BCUT2D eigenvalue weighted by atomic mass is 10.1. The van der Waals surface area contributed by atoms with Gasteiger partial charge in [-0.2, -0.15) is 11.8 Å². The van der Waals surface area contributed by atoms with Gasteiger partial charge in [0.2, 0.25) is 0 Å². The normalized spacial score (nSPS) is 12.6. The fraction of sp³-hybridized carbons (Fsp3) is 0.600. The van der Waals surface area contributed by atoms with E-state index in [1.807, 2.05) is 11.8 Å². The molecule has 0 saturated carbocycles. The minimum Gasteiger partial charge on any atom is -0.380 e. The summed E-state index contributed by atoms with van der Waals surface area (Å²) in [5, 5.41) is 3.56. The molecule has 3 heteroatoms. The van der Waals surface area contributed by atoms with Gasteiger partial charge in [-0.05, 0) is 36.0 Å². The van der Waals surface area contributed by atoms with Crippen LogP contribution in [0.1, 0.15) is 31.4 Å². The summed E-state index contributed by atoms with van der Waals surface area (Å²) in [4.78, 5) is 0. The molecule has 0 aromatic heterocycles. The van der Waals surface area contributed by atoms with E-state index in [-0.39, 0.29) is 0 Å². The molecule has 1 aromatic carbocycles. The second-order valence-corrected chi connectivity index (χ2v) is 5.91. The van der Waals surface area contributed by atoms with Crippen molar-refractivity contribution in [2.45, 2.75) is 39.5 Å². The Morgan fingerprint density at radius 2 is 1.89 bits per heavy atom. The van der Waals surface area contributed by atoms with Gasteiger partial charge in [0, 0.05) is 19.7 Å². The molecule has 0 fully saturated rings. The molecule has 0 heterocycles. The van der Waals surface area contributed by atoms with Gasteiger partial charge in [0.25, 0.3) is 0 Å². The maximum absolute atomic E-state index is 5.10. The van der Waals surface area contributed by atoms with Crippen molar-refractivity contribution in [1.82, 2.24) is 5.32 Å². The van der Waals surface area contributed by atoms with Crippen molar-refractivity contribution in [3.05, 3.63) is 35.4 Å². The van der Waals surface area contributed by atoms with E-state index in [1.54, 1.807) is 7.11 Å². The van der Waals surface area contributed by atoms with Gasteiger partial charge in [-0.15, -0.1) is 0 Å². The van der Waals surface area contributed by atoms with Crippen molar-refractivity contribution in [3.8, 4) is 0 Å². The molecule has 1 N–H and O–H groups in total. The average molecular weight is 267 g/mol. The predicted molar refractivity (Wildman–Crippen MR) is 81.1 cm³/mol. The lowest BCUT2D eigenvalue weighted by Gasteiger charge is -2.13. The number of hydrogen-bond acceptors (Lipinski definition) is 3. The summed E-state index contributed by atoms with van der Waals surface area (Å²) in [7, 11) is 1.73. The van der Waals surface area contributed by atoms with Crippen molar-refractivity contribution in [3.63, 3.8) is 0 Å². The van der Waals surface area contributed by atoms with E-state index < -0.39 is 0 Å². The summed E-state index contributed by atoms with van der Waals surface area (Å²) in [6.07, 6.45) is 1.24. The predicted octanol–water partition coefficient (Wildman–Crippen LogP) is 3.45. The Hall–Kier alpha value is -0.510. The molecular weight excluding hydrogens is 242 g/mol. The first-order chi connectivity index (χ1) is 8.76. The molecule has 0 spiro atoms. The highest BCUT2D eigenvalue weighted by atomic mass is 32.2. The van der Waals surface area contributed by atoms with Gasteiger partial charge in [-0.1, -0.05) is 31.2 Å². The zero-order valence-electron chi connectivity index (χ0n) is 11.7. The number of nitrogens with one attached hydrogen (secondary N) is 1. The topological polar surface area (TPSA) is 21.3 Å². The largest absolute Gasteiger partial charge is 0.380 e. The van der Waals surface area contributed by atoms with E-state index in [0.29, 0.717) is 12.6 Å². The molecule has 1 atom stereocenters. The second-order valence-electron chi connectivity index (χ2n) is 4.52. The van der Waals surface area contributed by atoms with E-state index in [1.165, 1.54) is 29.1 Å². The summed E-state index contributed by atoms with van der Waals surface area (Å²) < 4.78 is 5.10. The molecule has 0 saturated heterocycles. The summed E-state index contributed by atoms with van der Waals surface area (Å²) in [5.74, 6) is 2.46. The third kappa shape index (κ3) is 6.43. The van der Waals surface area contributed by atoms with E-state index in [2.05, 4.69) is 43.4 Å². The van der Waals surface area contributed by atoms with Gasteiger partial charge in [0.1, 0.15) is 0 Å². The molecular formula is C15H25NOS. The first-order valence-corrected chi connectivity index (χ1v) is 7.79. The van der Waals surface area contributed by atoms with E-state index in [9.17, 15) is 0 Å². The highest BCUT2D eigenvalue weighted by molar-refractivity contribution is 7.99. The van der Waals surface area contributed by atoms with Crippen molar-refractivity contribution in [1.29, 1.82) is 0 Å². The Labute approximate surface area is 116 Å². The van der Waals surface area contributed by atoms with Crippen molar-refractivity contribution >= 4 is 11.8 Å². The number of thioether (sulfide) groups is 1. The molecule has 1 aromatic rings. The summed E-state index contributed by atoms with van der Waals surface area (Å²) in [6, 6.07) is 9.21. The molecule has 2 nitrogen and oxygen atoms in total. The van der Waals surface area contributed by atoms with Crippen LogP contribution in [0.2, 0.25) is 0 Å². The number of rotatable bonds is 9. The minimum atomic E-state index is 0.586. The lowest BCUT2D eigenvalue weighted by molar-refractivity contribution is 0.185. The molecule has 0 aliphatic rings. The van der Waals surface area contributed by atoms with Gasteiger partial charge < -0.3 is 10.1 Å². The fourth-order valence-electron chi connectivity index (χ4n) is 1.72. The van der Waals surface area contributed by atoms with Crippen LogP contribution < -0.4 is 5.32 Å². The van der Waals surface area contributed by atoms with E-state index in [0.717, 1.165) is 6.54 Å². The Bertz CT molecular complexity index is 313. The van der Waals surface area contributed by atoms with Gasteiger partial charge >= 0.3 is 0 Å². The SMILES string of the molecule is CCSCCC(C)NCc1ccc(COC)cc1. The Kier molecular flexibility index (Phi) is 8.14. The van der Waals surface area contributed by atoms with Crippen LogP contribution in [0.3, 0.4) is 0 Å². The summed E-state index contributed by atoms with van der Waals surface area (Å²) in [5.41, 5.74) is 2.57. The summed E-state index contributed by atoms with van der Waals surface area (Å²) >= 11 is 2.01. The van der Waals surface area contributed by atoms with Crippen molar-refractivity contribution in [2.24, 2.45) is 0 Å². The molecule has 102 valence electrons. The molecule has 18 heavy (non-hydrogen) atoms. The first-order valence-electron chi connectivity index (χ1n) is 6.64. The van der Waals surface area contributed by atoms with Gasteiger partial charge in [0.15, 0.2) is 0 Å². The van der Waals surface area contributed by atoms with Crippen LogP contribution in [0.5, 0.6) is 0 Å². The number of ether oxygens (including phenoxy) is 1. The van der Waals surface area contributed by atoms with Crippen LogP contribution in [-0.4, -0.2) is 24.7 Å². The number of methoxy groups -OCH3 is 1. The monoisotopic (exact) mass is 267 g/mol. The Morgan fingerprint density at radius 3 is 2.50 bits per heavy atom. The summed E-state index contributed by atoms with van der Waals surface area (Å²) in [6.45, 7) is 6.11. The lowest BCUT2D eigenvalue weighted by Crippen LogP contribution is -2.26. The van der Waals surface area contributed by atoms with Crippen LogP contribution in [0.15, 0.2) is 24.3 Å². The third-order valence-electron chi connectivity index (χ3n) is 2.89. The standard InChI is InChI=1S/C15H25NOS/c1-4-18-10-9-13(2)16-11-14-5-7-15(8-6-14)12-17-3/h5-8,13,16H,4,9-12H2,1-3H3. The van der Waals surface area contributed by atoms with Gasteiger partial charge in [-0.3, -0.25) is 0 Å². The van der Waals surface area contributed by atoms with Crippen molar-refractivity contribution in [2.75, 3.05) is 18.6 Å². The fourth-order valence-corrected chi connectivity index (χ4v) is 2.53. The van der Waals surface area contributed by atoms with Crippen LogP contribution in [0, 0.1) is 0 Å².